The molecule has 0 fully saturated rings. The number of esters is 1. The summed E-state index contributed by atoms with van der Waals surface area (Å²) in [6.07, 6.45) is 18.9. The molecule has 0 N–H and O–H groups in total. The molecule has 0 aromatic carbocycles. The third-order valence-electron chi connectivity index (χ3n) is 4.87. The quantitative estimate of drug-likeness (QED) is 0.367. The van der Waals surface area contributed by atoms with Crippen molar-refractivity contribution in [3.05, 3.63) is 83.4 Å². The van der Waals surface area contributed by atoms with Crippen LogP contribution in [-0.2, 0) is 22.4 Å². The summed E-state index contributed by atoms with van der Waals surface area (Å²) in [7, 11) is 0. The highest BCUT2D eigenvalue weighted by molar-refractivity contribution is 5.86. The molecule has 1 aliphatic rings. The molecule has 0 aliphatic carbocycles. The highest BCUT2D eigenvalue weighted by Crippen LogP contribution is 2.19. The fourth-order valence-electron chi connectivity index (χ4n) is 3.30. The van der Waals surface area contributed by atoms with E-state index < -0.39 is 0 Å². The molecule has 0 bridgehead atoms. The Kier molecular flexibility index (Phi) is 7.12. The van der Waals surface area contributed by atoms with Crippen molar-refractivity contribution in [2.45, 2.75) is 52.4 Å². The smallest absolute Gasteiger partial charge is 0.336 e. The average Bonchev–Trinajstić information content (AvgIpc) is 3.39. The summed E-state index contributed by atoms with van der Waals surface area (Å²) in [4.78, 5) is 11.0. The van der Waals surface area contributed by atoms with Crippen molar-refractivity contribution in [3.63, 3.8) is 0 Å². The van der Waals surface area contributed by atoms with Gasteiger partial charge in [0, 0.05) is 12.5 Å². The first-order valence-corrected chi connectivity index (χ1v) is 9.93. The molecular formula is C24H28O4. The molecule has 0 unspecified atom stereocenters. The van der Waals surface area contributed by atoms with Crippen LogP contribution in [0, 0.1) is 5.92 Å². The SMILES string of the molecule is C/C(=C/CC[C@@H](C)/C=C1\C=CC(=O)O1)CCCc1coc(Cc2ccoc2)c1. The lowest BCUT2D eigenvalue weighted by molar-refractivity contribution is -0.132. The van der Waals surface area contributed by atoms with Crippen LogP contribution in [0.15, 0.2) is 75.4 Å². The number of carbonyl (C=O) groups excluding carboxylic acids is 1. The number of hydrogen-bond donors (Lipinski definition) is 0. The van der Waals surface area contributed by atoms with Gasteiger partial charge in [-0.15, -0.1) is 0 Å². The van der Waals surface area contributed by atoms with Crippen molar-refractivity contribution in [1.29, 1.82) is 0 Å². The van der Waals surface area contributed by atoms with Crippen LogP contribution in [0.3, 0.4) is 0 Å². The molecule has 4 nitrogen and oxygen atoms in total. The Morgan fingerprint density at radius 2 is 2.11 bits per heavy atom. The van der Waals surface area contributed by atoms with E-state index in [1.807, 2.05) is 18.4 Å². The standard InChI is InChI=1S/C24H28O4/c1-18(5-3-7-19(2)13-22-9-10-24(25)28-22)6-4-8-20-14-23(27-17-20)15-21-11-12-26-16-21/h5,9-14,16-17,19H,3-4,6-8,15H2,1-2H3/b18-5-,22-13+/t19-/m1/s1. The molecular weight excluding hydrogens is 352 g/mol. The number of aryl methyl sites for hydroxylation is 1. The highest BCUT2D eigenvalue weighted by Gasteiger charge is 2.10. The number of cyclic esters (lactones) is 1. The van der Waals surface area contributed by atoms with Gasteiger partial charge in [-0.3, -0.25) is 0 Å². The second-order valence-corrected chi connectivity index (χ2v) is 7.51. The summed E-state index contributed by atoms with van der Waals surface area (Å²) >= 11 is 0. The molecule has 4 heteroatoms. The van der Waals surface area contributed by atoms with Crippen LogP contribution >= 0.6 is 0 Å². The van der Waals surface area contributed by atoms with Crippen LogP contribution < -0.4 is 0 Å². The Balaban J connectivity index is 1.34. The van der Waals surface area contributed by atoms with Crippen molar-refractivity contribution in [2.24, 2.45) is 5.92 Å². The highest BCUT2D eigenvalue weighted by atomic mass is 16.5. The van der Waals surface area contributed by atoms with Gasteiger partial charge in [0.1, 0.15) is 11.5 Å². The van der Waals surface area contributed by atoms with E-state index in [1.165, 1.54) is 17.2 Å². The second-order valence-electron chi connectivity index (χ2n) is 7.51. The topological polar surface area (TPSA) is 52.6 Å². The number of furan rings is 2. The Bertz CT molecular complexity index is 849. The first-order valence-electron chi connectivity index (χ1n) is 9.93. The molecule has 1 aliphatic heterocycles. The van der Waals surface area contributed by atoms with E-state index in [0.717, 1.165) is 49.8 Å². The number of rotatable bonds is 10. The van der Waals surface area contributed by atoms with E-state index in [-0.39, 0.29) is 5.97 Å². The van der Waals surface area contributed by atoms with Crippen LogP contribution in [0.25, 0.3) is 0 Å². The molecule has 0 spiro atoms. The lowest BCUT2D eigenvalue weighted by atomic mass is 10.0. The zero-order valence-corrected chi connectivity index (χ0v) is 16.6. The van der Waals surface area contributed by atoms with Crippen LogP contribution in [0.4, 0.5) is 0 Å². The molecule has 28 heavy (non-hydrogen) atoms. The maximum absolute atomic E-state index is 11.0. The van der Waals surface area contributed by atoms with Gasteiger partial charge >= 0.3 is 5.97 Å². The fraction of sp³-hybridized carbons (Fsp3) is 0.375. The minimum absolute atomic E-state index is 0.277. The van der Waals surface area contributed by atoms with Crippen LogP contribution in [0.5, 0.6) is 0 Å². The largest absolute Gasteiger partial charge is 0.472 e. The van der Waals surface area contributed by atoms with Gasteiger partial charge in [0.05, 0.1) is 18.8 Å². The number of allylic oxidation sites excluding steroid dienone is 4. The maximum Gasteiger partial charge on any atom is 0.336 e. The molecule has 3 rings (SSSR count). The van der Waals surface area contributed by atoms with Crippen molar-refractivity contribution in [2.75, 3.05) is 0 Å². The molecule has 2 aromatic heterocycles. The van der Waals surface area contributed by atoms with Gasteiger partial charge in [0.15, 0.2) is 0 Å². The Hall–Kier alpha value is -2.75. The Morgan fingerprint density at radius 3 is 2.86 bits per heavy atom. The lowest BCUT2D eigenvalue weighted by Gasteiger charge is -2.06. The number of ether oxygens (including phenoxy) is 1. The summed E-state index contributed by atoms with van der Waals surface area (Å²) in [5.74, 6) is 1.76. The van der Waals surface area contributed by atoms with Gasteiger partial charge in [0.25, 0.3) is 0 Å². The van der Waals surface area contributed by atoms with Crippen molar-refractivity contribution in [3.8, 4) is 0 Å². The van der Waals surface area contributed by atoms with Gasteiger partial charge in [0.2, 0.25) is 0 Å². The zero-order valence-electron chi connectivity index (χ0n) is 16.6. The van der Waals surface area contributed by atoms with Crippen molar-refractivity contribution >= 4 is 5.97 Å². The summed E-state index contributed by atoms with van der Waals surface area (Å²) in [6.45, 7) is 4.35. The van der Waals surface area contributed by atoms with Crippen molar-refractivity contribution in [1.82, 2.24) is 0 Å². The minimum Gasteiger partial charge on any atom is -0.472 e. The fourth-order valence-corrected chi connectivity index (χ4v) is 3.30. The van der Waals surface area contributed by atoms with E-state index in [0.29, 0.717) is 11.7 Å². The predicted molar refractivity (Wildman–Crippen MR) is 109 cm³/mol. The van der Waals surface area contributed by atoms with E-state index in [2.05, 4.69) is 26.0 Å². The van der Waals surface area contributed by atoms with E-state index in [4.69, 9.17) is 13.6 Å². The third-order valence-corrected chi connectivity index (χ3v) is 4.87. The van der Waals surface area contributed by atoms with Crippen molar-refractivity contribution < 1.29 is 18.4 Å². The number of carbonyl (C=O) groups is 1. The molecule has 1 atom stereocenters. The lowest BCUT2D eigenvalue weighted by Crippen LogP contribution is -1.95. The van der Waals surface area contributed by atoms with Gasteiger partial charge in [-0.2, -0.15) is 0 Å². The van der Waals surface area contributed by atoms with E-state index in [9.17, 15) is 4.79 Å². The molecule has 3 heterocycles. The monoisotopic (exact) mass is 380 g/mol. The first-order chi connectivity index (χ1) is 13.6. The second kappa shape index (κ2) is 9.98. The Labute approximate surface area is 166 Å². The predicted octanol–water partition coefficient (Wildman–Crippen LogP) is 6.15. The van der Waals surface area contributed by atoms with Gasteiger partial charge < -0.3 is 13.6 Å². The molecule has 0 amide bonds. The normalized spacial score (nSPS) is 16.7. The molecule has 0 saturated carbocycles. The summed E-state index contributed by atoms with van der Waals surface area (Å²) in [5, 5.41) is 0. The summed E-state index contributed by atoms with van der Waals surface area (Å²) in [5.41, 5.74) is 3.81. The molecule has 148 valence electrons. The third kappa shape index (κ3) is 6.45. The zero-order chi connectivity index (χ0) is 19.8. The van der Waals surface area contributed by atoms with Crippen LogP contribution in [0.2, 0.25) is 0 Å². The molecule has 0 radical (unpaired) electrons. The summed E-state index contributed by atoms with van der Waals surface area (Å²) in [6, 6.07) is 4.11. The minimum atomic E-state index is -0.277. The average molecular weight is 380 g/mol. The van der Waals surface area contributed by atoms with Gasteiger partial charge in [-0.25, -0.2) is 4.79 Å². The number of hydrogen-bond acceptors (Lipinski definition) is 4. The van der Waals surface area contributed by atoms with Gasteiger partial charge in [-0.1, -0.05) is 18.6 Å². The Morgan fingerprint density at radius 1 is 1.21 bits per heavy atom. The molecule has 2 aromatic rings. The van der Waals surface area contributed by atoms with Crippen LogP contribution in [0.1, 0.15) is 56.4 Å². The van der Waals surface area contributed by atoms with E-state index in [1.54, 1.807) is 18.6 Å². The first kappa shape index (κ1) is 20.0. The summed E-state index contributed by atoms with van der Waals surface area (Å²) < 4.78 is 15.8. The van der Waals surface area contributed by atoms with E-state index >= 15 is 0 Å². The van der Waals surface area contributed by atoms with Crippen LogP contribution in [-0.4, -0.2) is 5.97 Å². The molecule has 0 saturated heterocycles. The van der Waals surface area contributed by atoms with Gasteiger partial charge in [-0.05, 0) is 80.4 Å². The maximum atomic E-state index is 11.0.